The monoisotopic (exact) mass is 247 g/mol. The molecule has 1 amide bonds. The Morgan fingerprint density at radius 3 is 2.61 bits per heavy atom. The predicted octanol–water partition coefficient (Wildman–Crippen LogP) is 0.0900. The van der Waals surface area contributed by atoms with Crippen molar-refractivity contribution in [2.45, 2.75) is 13.0 Å². The molecule has 0 spiro atoms. The highest BCUT2D eigenvalue weighted by molar-refractivity contribution is 5.93. The van der Waals surface area contributed by atoms with Gasteiger partial charge in [-0.05, 0) is 6.92 Å². The SMILES string of the molecule is CC(C#N)N1CCN(C(=O)c2cnn(C)c2)CC1. The van der Waals surface area contributed by atoms with E-state index in [2.05, 4.69) is 16.1 Å². The van der Waals surface area contributed by atoms with Crippen molar-refractivity contribution in [3.8, 4) is 6.07 Å². The molecular weight excluding hydrogens is 230 g/mol. The zero-order valence-corrected chi connectivity index (χ0v) is 10.7. The number of carbonyl (C=O) groups excluding carboxylic acids is 1. The number of rotatable bonds is 2. The van der Waals surface area contributed by atoms with Gasteiger partial charge in [0, 0.05) is 39.4 Å². The van der Waals surface area contributed by atoms with Gasteiger partial charge in [-0.2, -0.15) is 10.4 Å². The fourth-order valence-corrected chi connectivity index (χ4v) is 2.11. The Bertz CT molecular complexity index is 467. The maximum atomic E-state index is 12.1. The highest BCUT2D eigenvalue weighted by Gasteiger charge is 2.25. The van der Waals surface area contributed by atoms with Gasteiger partial charge < -0.3 is 4.90 Å². The normalized spacial score (nSPS) is 18.4. The van der Waals surface area contributed by atoms with E-state index in [9.17, 15) is 4.79 Å². The molecule has 1 aliphatic heterocycles. The molecule has 1 unspecified atom stereocenters. The van der Waals surface area contributed by atoms with Gasteiger partial charge in [0.2, 0.25) is 0 Å². The van der Waals surface area contributed by atoms with Crippen molar-refractivity contribution in [1.82, 2.24) is 19.6 Å². The number of carbonyl (C=O) groups is 1. The van der Waals surface area contributed by atoms with Crippen LogP contribution in [0.1, 0.15) is 17.3 Å². The molecule has 0 N–H and O–H groups in total. The summed E-state index contributed by atoms with van der Waals surface area (Å²) in [5.41, 5.74) is 0.624. The van der Waals surface area contributed by atoms with Gasteiger partial charge in [0.15, 0.2) is 0 Å². The average Bonchev–Trinajstić information content (AvgIpc) is 2.84. The highest BCUT2D eigenvalue weighted by atomic mass is 16.2. The molecule has 6 heteroatoms. The quantitative estimate of drug-likeness (QED) is 0.743. The fraction of sp³-hybridized carbons (Fsp3) is 0.583. The first-order chi connectivity index (χ1) is 8.61. The van der Waals surface area contributed by atoms with E-state index in [0.29, 0.717) is 18.7 Å². The van der Waals surface area contributed by atoms with Crippen LogP contribution in [0, 0.1) is 11.3 Å². The molecule has 1 atom stereocenters. The van der Waals surface area contributed by atoms with Crippen LogP contribution in [0.25, 0.3) is 0 Å². The molecule has 0 radical (unpaired) electrons. The number of aromatic nitrogens is 2. The maximum absolute atomic E-state index is 12.1. The summed E-state index contributed by atoms with van der Waals surface area (Å²) in [5.74, 6) is 0.0207. The average molecular weight is 247 g/mol. The Morgan fingerprint density at radius 1 is 1.44 bits per heavy atom. The van der Waals surface area contributed by atoms with E-state index >= 15 is 0 Å². The lowest BCUT2D eigenvalue weighted by Crippen LogP contribution is -2.51. The molecule has 1 saturated heterocycles. The minimum absolute atomic E-state index is 0.0207. The van der Waals surface area contributed by atoms with Gasteiger partial charge in [0.05, 0.1) is 23.9 Å². The molecule has 18 heavy (non-hydrogen) atoms. The van der Waals surface area contributed by atoms with E-state index in [1.165, 1.54) is 0 Å². The molecule has 2 heterocycles. The summed E-state index contributed by atoms with van der Waals surface area (Å²) >= 11 is 0. The fourth-order valence-electron chi connectivity index (χ4n) is 2.11. The van der Waals surface area contributed by atoms with Crippen molar-refractivity contribution in [2.75, 3.05) is 26.2 Å². The Morgan fingerprint density at radius 2 is 2.11 bits per heavy atom. The summed E-state index contributed by atoms with van der Waals surface area (Å²) in [7, 11) is 1.79. The maximum Gasteiger partial charge on any atom is 0.257 e. The van der Waals surface area contributed by atoms with Crippen LogP contribution in [0.3, 0.4) is 0 Å². The van der Waals surface area contributed by atoms with Crippen LogP contribution >= 0.6 is 0 Å². The van der Waals surface area contributed by atoms with E-state index in [4.69, 9.17) is 5.26 Å². The highest BCUT2D eigenvalue weighted by Crippen LogP contribution is 2.09. The number of nitrogens with zero attached hydrogens (tertiary/aromatic N) is 5. The topological polar surface area (TPSA) is 65.2 Å². The first kappa shape index (κ1) is 12.6. The van der Waals surface area contributed by atoms with Gasteiger partial charge >= 0.3 is 0 Å². The molecular formula is C12H17N5O. The van der Waals surface area contributed by atoms with Crippen LogP contribution in [-0.4, -0.2) is 57.7 Å². The van der Waals surface area contributed by atoms with Gasteiger partial charge in [-0.3, -0.25) is 14.4 Å². The van der Waals surface area contributed by atoms with Crippen LogP contribution in [-0.2, 0) is 7.05 Å². The molecule has 1 fully saturated rings. The predicted molar refractivity (Wildman–Crippen MR) is 65.8 cm³/mol. The third kappa shape index (κ3) is 2.51. The first-order valence-electron chi connectivity index (χ1n) is 6.03. The van der Waals surface area contributed by atoms with Crippen LogP contribution in [0.4, 0.5) is 0 Å². The van der Waals surface area contributed by atoms with Crippen LogP contribution in [0.15, 0.2) is 12.4 Å². The lowest BCUT2D eigenvalue weighted by molar-refractivity contribution is 0.0615. The van der Waals surface area contributed by atoms with Crippen molar-refractivity contribution in [3.63, 3.8) is 0 Å². The molecule has 1 aliphatic rings. The lowest BCUT2D eigenvalue weighted by Gasteiger charge is -2.35. The summed E-state index contributed by atoms with van der Waals surface area (Å²) in [4.78, 5) is 16.1. The first-order valence-corrected chi connectivity index (χ1v) is 6.03. The lowest BCUT2D eigenvalue weighted by atomic mass is 10.2. The number of amides is 1. The zero-order chi connectivity index (χ0) is 13.1. The van der Waals surface area contributed by atoms with E-state index < -0.39 is 0 Å². The third-order valence-electron chi connectivity index (χ3n) is 3.29. The number of hydrogen-bond donors (Lipinski definition) is 0. The third-order valence-corrected chi connectivity index (χ3v) is 3.29. The van der Waals surface area contributed by atoms with Crippen LogP contribution < -0.4 is 0 Å². The molecule has 0 aliphatic carbocycles. The summed E-state index contributed by atoms with van der Waals surface area (Å²) < 4.78 is 1.63. The summed E-state index contributed by atoms with van der Waals surface area (Å²) in [6, 6.07) is 2.14. The standard InChI is InChI=1S/C12H17N5O/c1-10(7-13)16-3-5-17(6-4-16)12(18)11-8-14-15(2)9-11/h8-10H,3-6H2,1-2H3. The molecule has 2 rings (SSSR count). The van der Waals surface area contributed by atoms with Gasteiger partial charge in [-0.25, -0.2) is 0 Å². The summed E-state index contributed by atoms with van der Waals surface area (Å²) in [5, 5.41) is 12.9. The second-order valence-electron chi connectivity index (χ2n) is 4.54. The second-order valence-corrected chi connectivity index (χ2v) is 4.54. The van der Waals surface area contributed by atoms with E-state index in [1.807, 2.05) is 11.8 Å². The van der Waals surface area contributed by atoms with E-state index in [0.717, 1.165) is 13.1 Å². The Balaban J connectivity index is 1.94. The van der Waals surface area contributed by atoms with Gasteiger partial charge in [-0.1, -0.05) is 0 Å². The zero-order valence-electron chi connectivity index (χ0n) is 10.7. The van der Waals surface area contributed by atoms with Crippen LogP contribution in [0.5, 0.6) is 0 Å². The van der Waals surface area contributed by atoms with E-state index in [-0.39, 0.29) is 11.9 Å². The van der Waals surface area contributed by atoms with Crippen molar-refractivity contribution in [2.24, 2.45) is 7.05 Å². The summed E-state index contributed by atoms with van der Waals surface area (Å²) in [6.07, 6.45) is 3.32. The largest absolute Gasteiger partial charge is 0.336 e. The molecule has 0 bridgehead atoms. The smallest absolute Gasteiger partial charge is 0.257 e. The number of aryl methyl sites for hydroxylation is 1. The second kappa shape index (κ2) is 5.19. The Kier molecular flexibility index (Phi) is 3.63. The molecule has 1 aromatic rings. The van der Waals surface area contributed by atoms with Crippen molar-refractivity contribution in [3.05, 3.63) is 18.0 Å². The van der Waals surface area contributed by atoms with Gasteiger partial charge in [-0.15, -0.1) is 0 Å². The Labute approximate surface area is 106 Å². The number of nitriles is 1. The summed E-state index contributed by atoms with van der Waals surface area (Å²) in [6.45, 7) is 4.72. The number of piperazine rings is 1. The molecule has 96 valence electrons. The molecule has 1 aromatic heterocycles. The van der Waals surface area contributed by atoms with Crippen molar-refractivity contribution >= 4 is 5.91 Å². The van der Waals surface area contributed by atoms with Crippen molar-refractivity contribution < 1.29 is 4.79 Å². The Hall–Kier alpha value is -1.87. The number of hydrogen-bond acceptors (Lipinski definition) is 4. The minimum Gasteiger partial charge on any atom is -0.336 e. The van der Waals surface area contributed by atoms with Gasteiger partial charge in [0.1, 0.15) is 0 Å². The van der Waals surface area contributed by atoms with E-state index in [1.54, 1.807) is 24.1 Å². The minimum atomic E-state index is -0.0827. The van der Waals surface area contributed by atoms with Crippen molar-refractivity contribution in [1.29, 1.82) is 5.26 Å². The molecule has 0 aromatic carbocycles. The van der Waals surface area contributed by atoms with Gasteiger partial charge in [0.25, 0.3) is 5.91 Å². The molecule has 0 saturated carbocycles. The van der Waals surface area contributed by atoms with Crippen LogP contribution in [0.2, 0.25) is 0 Å². The molecule has 6 nitrogen and oxygen atoms in total.